The maximum absolute atomic E-state index is 5.31. The quantitative estimate of drug-likeness (QED) is 0.716. The van der Waals surface area contributed by atoms with Gasteiger partial charge in [-0.05, 0) is 32.9 Å². The van der Waals surface area contributed by atoms with Gasteiger partial charge in [-0.3, -0.25) is 0 Å². The summed E-state index contributed by atoms with van der Waals surface area (Å²) in [6.45, 7) is 9.12. The highest BCUT2D eigenvalue weighted by Gasteiger charge is 2.01. The fraction of sp³-hybridized carbons (Fsp3) is 0.667. The second-order valence-corrected chi connectivity index (χ2v) is 3.73. The molecule has 0 aliphatic heterocycles. The first kappa shape index (κ1) is 13.1. The van der Waals surface area contributed by atoms with Crippen molar-refractivity contribution in [3.63, 3.8) is 0 Å². The SMILES string of the molecule is CCCNCc1cc(C)nc(COCC)n1. The van der Waals surface area contributed by atoms with Crippen molar-refractivity contribution >= 4 is 0 Å². The number of nitrogens with zero attached hydrogens (tertiary/aromatic N) is 2. The highest BCUT2D eigenvalue weighted by molar-refractivity contribution is 5.09. The first-order valence-corrected chi connectivity index (χ1v) is 5.88. The van der Waals surface area contributed by atoms with Crippen molar-refractivity contribution in [2.24, 2.45) is 0 Å². The van der Waals surface area contributed by atoms with Gasteiger partial charge in [0, 0.05) is 18.8 Å². The van der Waals surface area contributed by atoms with Crippen molar-refractivity contribution in [1.82, 2.24) is 15.3 Å². The van der Waals surface area contributed by atoms with E-state index in [0.717, 1.165) is 36.7 Å². The summed E-state index contributed by atoms with van der Waals surface area (Å²) in [5.41, 5.74) is 2.04. The van der Waals surface area contributed by atoms with E-state index in [4.69, 9.17) is 4.74 Å². The summed E-state index contributed by atoms with van der Waals surface area (Å²) < 4.78 is 5.31. The van der Waals surface area contributed by atoms with Crippen LogP contribution < -0.4 is 5.32 Å². The molecule has 0 aromatic carbocycles. The molecule has 0 spiro atoms. The molecule has 1 heterocycles. The second-order valence-electron chi connectivity index (χ2n) is 3.73. The van der Waals surface area contributed by atoms with Crippen molar-refractivity contribution < 1.29 is 4.74 Å². The third-order valence-corrected chi connectivity index (χ3v) is 2.12. The zero-order valence-electron chi connectivity index (χ0n) is 10.4. The van der Waals surface area contributed by atoms with Crippen LogP contribution in [0.4, 0.5) is 0 Å². The Kier molecular flexibility index (Phi) is 5.96. The zero-order chi connectivity index (χ0) is 11.8. The van der Waals surface area contributed by atoms with Gasteiger partial charge in [-0.15, -0.1) is 0 Å². The first-order valence-electron chi connectivity index (χ1n) is 5.88. The number of rotatable bonds is 7. The molecule has 1 aromatic rings. The van der Waals surface area contributed by atoms with Gasteiger partial charge >= 0.3 is 0 Å². The molecule has 0 radical (unpaired) electrons. The lowest BCUT2D eigenvalue weighted by atomic mass is 10.3. The topological polar surface area (TPSA) is 47.0 Å². The number of aromatic nitrogens is 2. The van der Waals surface area contributed by atoms with Gasteiger partial charge in [-0.25, -0.2) is 9.97 Å². The van der Waals surface area contributed by atoms with Crippen LogP contribution in [0.5, 0.6) is 0 Å². The van der Waals surface area contributed by atoms with E-state index < -0.39 is 0 Å². The first-order chi connectivity index (χ1) is 7.76. The average Bonchev–Trinajstić information content (AvgIpc) is 2.26. The van der Waals surface area contributed by atoms with Crippen LogP contribution >= 0.6 is 0 Å². The molecule has 0 saturated heterocycles. The van der Waals surface area contributed by atoms with E-state index in [1.807, 2.05) is 19.9 Å². The summed E-state index contributed by atoms with van der Waals surface area (Å²) >= 11 is 0. The summed E-state index contributed by atoms with van der Waals surface area (Å²) in [6.07, 6.45) is 1.13. The number of hydrogen-bond acceptors (Lipinski definition) is 4. The Balaban J connectivity index is 2.58. The minimum Gasteiger partial charge on any atom is -0.374 e. The smallest absolute Gasteiger partial charge is 0.154 e. The standard InChI is InChI=1S/C12H21N3O/c1-4-6-13-8-11-7-10(3)14-12(15-11)9-16-5-2/h7,13H,4-6,8-9H2,1-3H3. The van der Waals surface area contributed by atoms with E-state index >= 15 is 0 Å². The Hall–Kier alpha value is -1.00. The van der Waals surface area contributed by atoms with Gasteiger partial charge < -0.3 is 10.1 Å². The number of nitrogens with one attached hydrogen (secondary N) is 1. The maximum atomic E-state index is 5.31. The maximum Gasteiger partial charge on any atom is 0.154 e. The minimum absolute atomic E-state index is 0.499. The third-order valence-electron chi connectivity index (χ3n) is 2.12. The normalized spacial score (nSPS) is 10.7. The Morgan fingerprint density at radius 1 is 1.31 bits per heavy atom. The summed E-state index contributed by atoms with van der Waals surface area (Å²) in [4.78, 5) is 8.78. The molecule has 0 fully saturated rings. The largest absolute Gasteiger partial charge is 0.374 e. The lowest BCUT2D eigenvalue weighted by Crippen LogP contribution is -2.16. The van der Waals surface area contributed by atoms with Crippen LogP contribution in [0.15, 0.2) is 6.07 Å². The van der Waals surface area contributed by atoms with Gasteiger partial charge in [0.05, 0.1) is 5.69 Å². The third kappa shape index (κ3) is 4.68. The van der Waals surface area contributed by atoms with E-state index in [1.54, 1.807) is 0 Å². The summed E-state index contributed by atoms with van der Waals surface area (Å²) in [7, 11) is 0. The van der Waals surface area contributed by atoms with Crippen molar-refractivity contribution in [1.29, 1.82) is 0 Å². The van der Waals surface area contributed by atoms with Gasteiger partial charge in [-0.1, -0.05) is 6.92 Å². The molecule has 0 unspecified atom stereocenters. The van der Waals surface area contributed by atoms with Crippen molar-refractivity contribution in [2.45, 2.75) is 40.3 Å². The molecule has 0 aliphatic rings. The molecule has 0 bridgehead atoms. The van der Waals surface area contributed by atoms with E-state index in [-0.39, 0.29) is 0 Å². The van der Waals surface area contributed by atoms with Crippen molar-refractivity contribution in [2.75, 3.05) is 13.2 Å². The van der Waals surface area contributed by atoms with Crippen LogP contribution in [0.25, 0.3) is 0 Å². The zero-order valence-corrected chi connectivity index (χ0v) is 10.4. The van der Waals surface area contributed by atoms with Gasteiger partial charge in [0.1, 0.15) is 6.61 Å². The van der Waals surface area contributed by atoms with Crippen LogP contribution in [0.3, 0.4) is 0 Å². The molecular weight excluding hydrogens is 202 g/mol. The molecule has 4 nitrogen and oxygen atoms in total. The van der Waals surface area contributed by atoms with E-state index in [0.29, 0.717) is 13.2 Å². The molecule has 0 saturated carbocycles. The average molecular weight is 223 g/mol. The fourth-order valence-corrected chi connectivity index (χ4v) is 1.44. The Morgan fingerprint density at radius 3 is 2.81 bits per heavy atom. The predicted octanol–water partition coefficient (Wildman–Crippen LogP) is 1.82. The highest BCUT2D eigenvalue weighted by Crippen LogP contribution is 2.02. The van der Waals surface area contributed by atoms with Gasteiger partial charge in [0.2, 0.25) is 0 Å². The van der Waals surface area contributed by atoms with E-state index in [1.165, 1.54) is 0 Å². The molecule has 4 heteroatoms. The number of hydrogen-bond donors (Lipinski definition) is 1. The van der Waals surface area contributed by atoms with E-state index in [2.05, 4.69) is 22.2 Å². The fourth-order valence-electron chi connectivity index (χ4n) is 1.44. The molecule has 0 amide bonds. The Labute approximate surface area is 97.5 Å². The van der Waals surface area contributed by atoms with Crippen LogP contribution in [0.1, 0.15) is 37.5 Å². The molecule has 0 atom stereocenters. The van der Waals surface area contributed by atoms with Crippen LogP contribution in [-0.4, -0.2) is 23.1 Å². The molecule has 1 rings (SSSR count). The summed E-state index contributed by atoms with van der Waals surface area (Å²) in [5, 5.41) is 3.33. The predicted molar refractivity (Wildman–Crippen MR) is 64.1 cm³/mol. The van der Waals surface area contributed by atoms with Gasteiger partial charge in [0.25, 0.3) is 0 Å². The van der Waals surface area contributed by atoms with Crippen LogP contribution in [-0.2, 0) is 17.9 Å². The lowest BCUT2D eigenvalue weighted by molar-refractivity contribution is 0.128. The Morgan fingerprint density at radius 2 is 2.12 bits per heavy atom. The summed E-state index contributed by atoms with van der Waals surface area (Å²) in [6, 6.07) is 2.01. The second kappa shape index (κ2) is 7.30. The van der Waals surface area contributed by atoms with Crippen LogP contribution in [0.2, 0.25) is 0 Å². The van der Waals surface area contributed by atoms with E-state index in [9.17, 15) is 0 Å². The summed E-state index contributed by atoms with van der Waals surface area (Å²) in [5.74, 6) is 0.773. The van der Waals surface area contributed by atoms with Crippen molar-refractivity contribution in [3.8, 4) is 0 Å². The monoisotopic (exact) mass is 223 g/mol. The lowest BCUT2D eigenvalue weighted by Gasteiger charge is -2.06. The molecule has 90 valence electrons. The molecular formula is C12H21N3O. The molecule has 1 aromatic heterocycles. The molecule has 0 aliphatic carbocycles. The van der Waals surface area contributed by atoms with Gasteiger partial charge in [0.15, 0.2) is 5.82 Å². The molecule has 1 N–H and O–H groups in total. The van der Waals surface area contributed by atoms with Gasteiger partial charge in [-0.2, -0.15) is 0 Å². The number of aryl methyl sites for hydroxylation is 1. The molecule has 16 heavy (non-hydrogen) atoms. The van der Waals surface area contributed by atoms with Crippen molar-refractivity contribution in [3.05, 3.63) is 23.3 Å². The minimum atomic E-state index is 0.499. The highest BCUT2D eigenvalue weighted by atomic mass is 16.5. The Bertz CT molecular complexity index is 315. The van der Waals surface area contributed by atoms with Crippen LogP contribution in [0, 0.1) is 6.92 Å². The number of ether oxygens (including phenoxy) is 1.